The van der Waals surface area contributed by atoms with Crippen LogP contribution in [0.1, 0.15) is 30.5 Å². The Morgan fingerprint density at radius 1 is 1.30 bits per heavy atom. The van der Waals surface area contributed by atoms with Gasteiger partial charge in [-0.3, -0.25) is 0 Å². The zero-order valence-corrected chi connectivity index (χ0v) is 13.4. The maximum Gasteiger partial charge on any atom is 0.123 e. The first-order valence-electron chi connectivity index (χ1n) is 6.87. The highest BCUT2D eigenvalue weighted by molar-refractivity contribution is 8.01. The maximum atomic E-state index is 5.42. The van der Waals surface area contributed by atoms with Crippen LogP contribution in [0, 0.1) is 0 Å². The van der Waals surface area contributed by atoms with Crippen molar-refractivity contribution in [3.63, 3.8) is 0 Å². The molecule has 0 saturated carbocycles. The van der Waals surface area contributed by atoms with Gasteiger partial charge in [0, 0.05) is 23.4 Å². The summed E-state index contributed by atoms with van der Waals surface area (Å²) >= 11 is 3.87. The lowest BCUT2D eigenvalue weighted by Gasteiger charge is -2.28. The highest BCUT2D eigenvalue weighted by Crippen LogP contribution is 2.43. The Bertz CT molecular complexity index is 581. The summed E-state index contributed by atoms with van der Waals surface area (Å²) in [4.78, 5) is 0. The number of thiophene rings is 1. The molecule has 2 aromatic rings. The molecule has 0 bridgehead atoms. The van der Waals surface area contributed by atoms with E-state index >= 15 is 0 Å². The lowest BCUT2D eigenvalue weighted by atomic mass is 10.0. The summed E-state index contributed by atoms with van der Waals surface area (Å²) in [6.07, 6.45) is 1.18. The van der Waals surface area contributed by atoms with Gasteiger partial charge in [0.1, 0.15) is 5.75 Å². The molecule has 0 fully saturated rings. The van der Waals surface area contributed by atoms with Crippen molar-refractivity contribution in [2.75, 3.05) is 7.11 Å². The number of ether oxygens (including phenoxy) is 1. The minimum atomic E-state index is 0.456. The number of hydrogen-bond donors (Lipinski definition) is 1. The van der Waals surface area contributed by atoms with E-state index in [2.05, 4.69) is 35.8 Å². The molecule has 1 aromatic carbocycles. The van der Waals surface area contributed by atoms with Gasteiger partial charge in [-0.1, -0.05) is 25.1 Å². The summed E-state index contributed by atoms with van der Waals surface area (Å²) in [5.74, 6) is 0.962. The number of thioether (sulfide) groups is 1. The Hall–Kier alpha value is -0.970. The van der Waals surface area contributed by atoms with E-state index in [-0.39, 0.29) is 0 Å². The zero-order chi connectivity index (χ0) is 13.9. The van der Waals surface area contributed by atoms with Crippen molar-refractivity contribution < 1.29 is 4.74 Å². The summed E-state index contributed by atoms with van der Waals surface area (Å²) < 4.78 is 6.89. The minimum Gasteiger partial charge on any atom is -0.496 e. The molecule has 1 aromatic heterocycles. The van der Waals surface area contributed by atoms with Crippen LogP contribution in [0.2, 0.25) is 0 Å². The first kappa shape index (κ1) is 14.0. The molecule has 0 radical (unpaired) electrons. The first-order valence-corrected chi connectivity index (χ1v) is 8.63. The van der Waals surface area contributed by atoms with Crippen LogP contribution in [0.15, 0.2) is 39.9 Å². The van der Waals surface area contributed by atoms with Gasteiger partial charge in [-0.05, 0) is 29.5 Å². The van der Waals surface area contributed by atoms with E-state index in [0.717, 1.165) is 12.3 Å². The monoisotopic (exact) mass is 305 g/mol. The topological polar surface area (TPSA) is 21.3 Å². The quantitative estimate of drug-likeness (QED) is 0.900. The maximum absolute atomic E-state index is 5.42. The lowest BCUT2D eigenvalue weighted by molar-refractivity contribution is 0.403. The summed E-state index contributed by atoms with van der Waals surface area (Å²) in [5.41, 5.74) is 2.69. The smallest absolute Gasteiger partial charge is 0.123 e. The fourth-order valence-electron chi connectivity index (χ4n) is 2.62. The molecule has 0 aliphatic carbocycles. The summed E-state index contributed by atoms with van der Waals surface area (Å²) in [6.45, 7) is 3.16. The summed E-state index contributed by atoms with van der Waals surface area (Å²) in [6, 6.07) is 10.9. The van der Waals surface area contributed by atoms with E-state index in [1.807, 2.05) is 35.2 Å². The van der Waals surface area contributed by atoms with E-state index in [4.69, 9.17) is 4.74 Å². The van der Waals surface area contributed by atoms with Crippen molar-refractivity contribution in [3.8, 4) is 5.75 Å². The van der Waals surface area contributed by atoms with Crippen molar-refractivity contribution >= 4 is 23.1 Å². The van der Waals surface area contributed by atoms with E-state index in [1.54, 1.807) is 7.11 Å². The Kier molecular flexibility index (Phi) is 4.34. The SMILES string of the molecule is COc1ccccc1CNC1C[C@H](C)Sc2sccc21. The van der Waals surface area contributed by atoms with Crippen LogP contribution in [0.5, 0.6) is 5.75 Å². The minimum absolute atomic E-state index is 0.456. The van der Waals surface area contributed by atoms with Gasteiger partial charge < -0.3 is 10.1 Å². The van der Waals surface area contributed by atoms with Gasteiger partial charge in [-0.15, -0.1) is 23.1 Å². The molecule has 1 N–H and O–H groups in total. The average molecular weight is 305 g/mol. The molecule has 20 heavy (non-hydrogen) atoms. The van der Waals surface area contributed by atoms with Crippen LogP contribution >= 0.6 is 23.1 Å². The number of benzene rings is 1. The number of rotatable bonds is 4. The number of hydrogen-bond acceptors (Lipinski definition) is 4. The second kappa shape index (κ2) is 6.20. The summed E-state index contributed by atoms with van der Waals surface area (Å²) in [7, 11) is 1.73. The van der Waals surface area contributed by atoms with Crippen LogP contribution < -0.4 is 10.1 Å². The zero-order valence-electron chi connectivity index (χ0n) is 11.8. The third-order valence-electron chi connectivity index (χ3n) is 3.64. The van der Waals surface area contributed by atoms with Crippen LogP contribution in [0.3, 0.4) is 0 Å². The van der Waals surface area contributed by atoms with E-state index in [1.165, 1.54) is 21.8 Å². The Balaban J connectivity index is 1.73. The first-order chi connectivity index (χ1) is 9.78. The van der Waals surface area contributed by atoms with Crippen LogP contribution in [0.25, 0.3) is 0 Å². The molecule has 0 amide bonds. The molecule has 4 heteroatoms. The van der Waals surface area contributed by atoms with Gasteiger partial charge in [0.2, 0.25) is 0 Å². The molecule has 2 heterocycles. The normalized spacial score (nSPS) is 21.5. The average Bonchev–Trinajstić information content (AvgIpc) is 2.93. The molecular formula is C16H19NOS2. The van der Waals surface area contributed by atoms with Crippen LogP contribution in [-0.2, 0) is 6.54 Å². The highest BCUT2D eigenvalue weighted by Gasteiger charge is 2.25. The summed E-state index contributed by atoms with van der Waals surface area (Å²) in [5, 5.41) is 6.58. The van der Waals surface area contributed by atoms with Crippen LogP contribution in [0.4, 0.5) is 0 Å². The van der Waals surface area contributed by atoms with Gasteiger partial charge in [-0.25, -0.2) is 0 Å². The van der Waals surface area contributed by atoms with Crippen molar-refractivity contribution in [2.45, 2.75) is 35.4 Å². The molecule has 106 valence electrons. The fraction of sp³-hybridized carbons (Fsp3) is 0.375. The third-order valence-corrected chi connectivity index (χ3v) is 5.98. The Morgan fingerprint density at radius 3 is 3.00 bits per heavy atom. The molecule has 2 nitrogen and oxygen atoms in total. The Labute approximate surface area is 128 Å². The second-order valence-electron chi connectivity index (χ2n) is 5.07. The van der Waals surface area contributed by atoms with Crippen molar-refractivity contribution in [1.82, 2.24) is 5.32 Å². The molecule has 0 spiro atoms. The van der Waals surface area contributed by atoms with Gasteiger partial charge in [0.25, 0.3) is 0 Å². The van der Waals surface area contributed by atoms with Crippen molar-refractivity contribution in [2.24, 2.45) is 0 Å². The van der Waals surface area contributed by atoms with Gasteiger partial charge in [0.15, 0.2) is 0 Å². The lowest BCUT2D eigenvalue weighted by Crippen LogP contribution is -2.26. The number of para-hydroxylation sites is 1. The number of methoxy groups -OCH3 is 1. The van der Waals surface area contributed by atoms with E-state index in [0.29, 0.717) is 11.3 Å². The van der Waals surface area contributed by atoms with Gasteiger partial charge in [-0.2, -0.15) is 0 Å². The molecule has 1 aliphatic rings. The fourth-order valence-corrected chi connectivity index (χ4v) is 5.19. The van der Waals surface area contributed by atoms with E-state index in [9.17, 15) is 0 Å². The molecule has 1 unspecified atom stereocenters. The molecular weight excluding hydrogens is 286 g/mol. The standard InChI is InChI=1S/C16H19NOS2/c1-11-9-14(13-7-8-19-16(13)20-11)17-10-12-5-3-4-6-15(12)18-2/h3-8,11,14,17H,9-10H2,1-2H3/t11-,14?/m0/s1. The third kappa shape index (κ3) is 2.87. The predicted molar refractivity (Wildman–Crippen MR) is 86.8 cm³/mol. The molecule has 1 aliphatic heterocycles. The molecule has 0 saturated heterocycles. The predicted octanol–water partition coefficient (Wildman–Crippen LogP) is 4.47. The number of nitrogens with one attached hydrogen (secondary N) is 1. The van der Waals surface area contributed by atoms with Gasteiger partial charge >= 0.3 is 0 Å². The van der Waals surface area contributed by atoms with Crippen LogP contribution in [-0.4, -0.2) is 12.4 Å². The van der Waals surface area contributed by atoms with Gasteiger partial charge in [0.05, 0.1) is 11.3 Å². The highest BCUT2D eigenvalue weighted by atomic mass is 32.2. The van der Waals surface area contributed by atoms with Crippen molar-refractivity contribution in [1.29, 1.82) is 0 Å². The Morgan fingerprint density at radius 2 is 2.15 bits per heavy atom. The molecule has 2 atom stereocenters. The molecule has 3 rings (SSSR count). The van der Waals surface area contributed by atoms with E-state index < -0.39 is 0 Å². The number of fused-ring (bicyclic) bond motifs is 1. The van der Waals surface area contributed by atoms with Crippen molar-refractivity contribution in [3.05, 3.63) is 46.8 Å². The second-order valence-corrected chi connectivity index (χ2v) is 7.70. The largest absolute Gasteiger partial charge is 0.496 e.